The third kappa shape index (κ3) is 4.30. The zero-order valence-electron chi connectivity index (χ0n) is 14.0. The summed E-state index contributed by atoms with van der Waals surface area (Å²) < 4.78 is 0. The van der Waals surface area contributed by atoms with Gasteiger partial charge in [-0.15, -0.1) is 5.11 Å². The molecule has 7 nitrogen and oxygen atoms in total. The van der Waals surface area contributed by atoms with E-state index in [1.807, 2.05) is 13.0 Å². The van der Waals surface area contributed by atoms with Crippen molar-refractivity contribution in [2.24, 2.45) is 16.1 Å². The lowest BCUT2D eigenvalue weighted by Gasteiger charge is -2.15. The Morgan fingerprint density at radius 2 is 1.96 bits per heavy atom. The van der Waals surface area contributed by atoms with Crippen molar-refractivity contribution in [1.29, 1.82) is 0 Å². The van der Waals surface area contributed by atoms with Crippen molar-refractivity contribution in [3.63, 3.8) is 0 Å². The van der Waals surface area contributed by atoms with Gasteiger partial charge in [0.15, 0.2) is 16.7 Å². The summed E-state index contributed by atoms with van der Waals surface area (Å²) in [6.45, 7) is 2.10. The van der Waals surface area contributed by atoms with Crippen molar-refractivity contribution in [3.05, 3.63) is 46.1 Å². The van der Waals surface area contributed by atoms with Gasteiger partial charge in [-0.05, 0) is 37.6 Å². The maximum absolute atomic E-state index is 9.41. The number of hydrogen-bond acceptors (Lipinski definition) is 7. The number of azo groups is 1. The van der Waals surface area contributed by atoms with E-state index in [1.54, 1.807) is 24.3 Å². The van der Waals surface area contributed by atoms with Gasteiger partial charge in [0, 0.05) is 23.6 Å². The van der Waals surface area contributed by atoms with E-state index < -0.39 is 0 Å². The lowest BCUT2D eigenvalue weighted by atomic mass is 10.0. The monoisotopic (exact) mass is 392 g/mol. The van der Waals surface area contributed by atoms with E-state index in [-0.39, 0.29) is 29.7 Å². The standard InChI is InChI=1S/C17H18Cl2N6O/c1-9-6-13(7-10(9)8-26)21-16-14(15(19)22-17(20)23-16)25-24-12-4-2-11(18)3-5-12/h2-6,10,13,26H,7-8H2,1H3,(H3,20,21,22,23)/t10-,13+/m1/s1. The van der Waals surface area contributed by atoms with E-state index in [2.05, 4.69) is 25.5 Å². The average Bonchev–Trinajstić information content (AvgIpc) is 2.95. The van der Waals surface area contributed by atoms with Crippen molar-refractivity contribution >= 4 is 46.3 Å². The van der Waals surface area contributed by atoms with E-state index >= 15 is 0 Å². The molecule has 3 rings (SSSR count). The van der Waals surface area contributed by atoms with Gasteiger partial charge in [0.05, 0.1) is 5.69 Å². The van der Waals surface area contributed by atoms with Crippen LogP contribution in [-0.4, -0.2) is 27.7 Å². The normalized spacial score (nSPS) is 19.8. The number of nitrogens with two attached hydrogens (primary N) is 1. The molecule has 0 unspecified atom stereocenters. The molecule has 0 spiro atoms. The number of halogens is 2. The Bertz CT molecular complexity index is 853. The van der Waals surface area contributed by atoms with Gasteiger partial charge in [0.25, 0.3) is 0 Å². The number of nitrogen functional groups attached to an aromatic ring is 1. The fraction of sp³-hybridized carbons (Fsp3) is 0.294. The van der Waals surface area contributed by atoms with E-state index in [1.165, 1.54) is 0 Å². The third-order valence-corrected chi connectivity index (χ3v) is 4.66. The summed E-state index contributed by atoms with van der Waals surface area (Å²) in [7, 11) is 0. The highest BCUT2D eigenvalue weighted by atomic mass is 35.5. The Labute approximate surface area is 161 Å². The maximum Gasteiger partial charge on any atom is 0.223 e. The predicted molar refractivity (Wildman–Crippen MR) is 103 cm³/mol. The molecule has 26 heavy (non-hydrogen) atoms. The first kappa shape index (κ1) is 18.6. The molecule has 0 fully saturated rings. The molecule has 1 aliphatic rings. The van der Waals surface area contributed by atoms with E-state index in [0.29, 0.717) is 22.2 Å². The van der Waals surface area contributed by atoms with Crippen LogP contribution in [0.4, 0.5) is 23.1 Å². The van der Waals surface area contributed by atoms with Crippen LogP contribution in [0.15, 0.2) is 46.1 Å². The SMILES string of the molecule is CC1=C[C@H](Nc2nc(N)nc(Cl)c2N=Nc2ccc(Cl)cc2)C[C@@H]1CO. The Morgan fingerprint density at radius 3 is 2.62 bits per heavy atom. The van der Waals surface area contributed by atoms with Gasteiger partial charge < -0.3 is 16.2 Å². The number of aliphatic hydroxyl groups is 1. The Morgan fingerprint density at radius 1 is 1.23 bits per heavy atom. The Kier molecular flexibility index (Phi) is 5.70. The summed E-state index contributed by atoms with van der Waals surface area (Å²) in [5.74, 6) is 0.564. The third-order valence-electron chi connectivity index (χ3n) is 4.14. The van der Waals surface area contributed by atoms with Crippen LogP contribution in [0.5, 0.6) is 0 Å². The van der Waals surface area contributed by atoms with Crippen LogP contribution in [0.25, 0.3) is 0 Å². The van der Waals surface area contributed by atoms with Crippen LogP contribution in [0.3, 0.4) is 0 Å². The summed E-state index contributed by atoms with van der Waals surface area (Å²) in [6, 6.07) is 6.90. The number of nitrogens with zero attached hydrogens (tertiary/aromatic N) is 4. The number of aliphatic hydroxyl groups excluding tert-OH is 1. The minimum absolute atomic E-state index is 0.0120. The molecule has 0 saturated heterocycles. The maximum atomic E-state index is 9.41. The van der Waals surface area contributed by atoms with Crippen molar-refractivity contribution in [3.8, 4) is 0 Å². The summed E-state index contributed by atoms with van der Waals surface area (Å²) in [5.41, 5.74) is 7.76. The van der Waals surface area contributed by atoms with E-state index in [0.717, 1.165) is 12.0 Å². The molecular formula is C17H18Cl2N6O. The summed E-state index contributed by atoms with van der Waals surface area (Å²) in [4.78, 5) is 8.15. The highest BCUT2D eigenvalue weighted by Crippen LogP contribution is 2.35. The summed E-state index contributed by atoms with van der Waals surface area (Å²) in [5, 5.41) is 21.7. The van der Waals surface area contributed by atoms with Crippen molar-refractivity contribution in [2.75, 3.05) is 17.7 Å². The molecule has 1 aromatic heterocycles. The zero-order valence-corrected chi connectivity index (χ0v) is 15.5. The number of aromatic nitrogens is 2. The van der Waals surface area contributed by atoms with Gasteiger partial charge in [-0.2, -0.15) is 15.1 Å². The van der Waals surface area contributed by atoms with Crippen LogP contribution >= 0.6 is 23.2 Å². The average molecular weight is 393 g/mol. The molecule has 1 aromatic carbocycles. The van der Waals surface area contributed by atoms with Crippen LogP contribution in [-0.2, 0) is 0 Å². The molecule has 0 radical (unpaired) electrons. The first-order valence-corrected chi connectivity index (χ1v) is 8.78. The Balaban J connectivity index is 1.87. The number of nitrogens with one attached hydrogen (secondary N) is 1. The second-order valence-electron chi connectivity index (χ2n) is 6.02. The molecule has 0 amide bonds. The first-order chi connectivity index (χ1) is 12.5. The summed E-state index contributed by atoms with van der Waals surface area (Å²) in [6.07, 6.45) is 2.80. The molecule has 2 atom stereocenters. The number of benzene rings is 1. The molecule has 4 N–H and O–H groups in total. The van der Waals surface area contributed by atoms with Crippen LogP contribution < -0.4 is 11.1 Å². The highest BCUT2D eigenvalue weighted by molar-refractivity contribution is 6.32. The van der Waals surface area contributed by atoms with Gasteiger partial charge in [-0.3, -0.25) is 0 Å². The van der Waals surface area contributed by atoms with Crippen molar-refractivity contribution in [1.82, 2.24) is 9.97 Å². The summed E-state index contributed by atoms with van der Waals surface area (Å²) >= 11 is 12.1. The lowest BCUT2D eigenvalue weighted by Crippen LogP contribution is -2.18. The van der Waals surface area contributed by atoms with Crippen molar-refractivity contribution in [2.45, 2.75) is 19.4 Å². The molecule has 136 valence electrons. The fourth-order valence-corrected chi connectivity index (χ4v) is 3.10. The highest BCUT2D eigenvalue weighted by Gasteiger charge is 2.25. The molecule has 0 bridgehead atoms. The lowest BCUT2D eigenvalue weighted by molar-refractivity contribution is 0.244. The zero-order chi connectivity index (χ0) is 18.7. The van der Waals surface area contributed by atoms with Crippen LogP contribution in [0.1, 0.15) is 13.3 Å². The van der Waals surface area contributed by atoms with Crippen molar-refractivity contribution < 1.29 is 5.11 Å². The number of hydrogen-bond donors (Lipinski definition) is 3. The molecule has 0 aliphatic heterocycles. The molecule has 2 aromatic rings. The second kappa shape index (κ2) is 7.99. The van der Waals surface area contributed by atoms with Gasteiger partial charge in [0.2, 0.25) is 5.95 Å². The second-order valence-corrected chi connectivity index (χ2v) is 6.82. The minimum Gasteiger partial charge on any atom is -0.396 e. The molecule has 1 heterocycles. The van der Waals surface area contributed by atoms with E-state index in [9.17, 15) is 5.11 Å². The van der Waals surface area contributed by atoms with Crippen LogP contribution in [0.2, 0.25) is 10.2 Å². The fourth-order valence-electron chi connectivity index (χ4n) is 2.76. The number of anilines is 2. The molecule has 9 heteroatoms. The Hall–Kier alpha value is -2.22. The van der Waals surface area contributed by atoms with Crippen LogP contribution in [0, 0.1) is 5.92 Å². The molecular weight excluding hydrogens is 375 g/mol. The van der Waals surface area contributed by atoms with Gasteiger partial charge in [-0.1, -0.05) is 34.9 Å². The molecule has 1 aliphatic carbocycles. The topological polar surface area (TPSA) is 109 Å². The smallest absolute Gasteiger partial charge is 0.223 e. The predicted octanol–water partition coefficient (Wildman–Crippen LogP) is 4.52. The quantitative estimate of drug-likeness (QED) is 0.393. The van der Waals surface area contributed by atoms with Gasteiger partial charge in [-0.25, -0.2) is 0 Å². The van der Waals surface area contributed by atoms with Gasteiger partial charge in [0.1, 0.15) is 0 Å². The first-order valence-electron chi connectivity index (χ1n) is 8.02. The minimum atomic E-state index is -0.0120. The van der Waals surface area contributed by atoms with Gasteiger partial charge >= 0.3 is 0 Å². The molecule has 0 saturated carbocycles. The van der Waals surface area contributed by atoms with E-state index in [4.69, 9.17) is 28.9 Å². The number of rotatable bonds is 5. The largest absolute Gasteiger partial charge is 0.396 e.